The molecule has 190 valence electrons. The van der Waals surface area contributed by atoms with Crippen LogP contribution in [0.1, 0.15) is 23.6 Å². The number of aryl methyl sites for hydroxylation is 2. The number of carbonyl (C=O) groups excluding carboxylic acids is 2. The minimum atomic E-state index is -4.13. The first kappa shape index (κ1) is 27.2. The highest BCUT2D eigenvalue weighted by atomic mass is 35.5. The molecule has 3 aromatic rings. The number of rotatable bonds is 9. The molecular weight excluding hydrogens is 498 g/mol. The highest BCUT2D eigenvalue weighted by Crippen LogP contribution is 2.28. The largest absolute Gasteiger partial charge is 0.357 e. The smallest absolute Gasteiger partial charge is 0.264 e. The van der Waals surface area contributed by atoms with E-state index in [1.807, 2.05) is 44.2 Å². The molecule has 0 unspecified atom stereocenters. The van der Waals surface area contributed by atoms with Gasteiger partial charge in [-0.2, -0.15) is 0 Å². The van der Waals surface area contributed by atoms with Gasteiger partial charge in [0.2, 0.25) is 11.8 Å². The average Bonchev–Trinajstić information content (AvgIpc) is 2.87. The lowest BCUT2D eigenvalue weighted by atomic mass is 10.1. The minimum absolute atomic E-state index is 0.0477. The molecule has 1 N–H and O–H groups in total. The Morgan fingerprint density at radius 2 is 1.61 bits per heavy atom. The van der Waals surface area contributed by atoms with Crippen LogP contribution in [0.3, 0.4) is 0 Å². The van der Waals surface area contributed by atoms with Gasteiger partial charge in [-0.3, -0.25) is 13.9 Å². The number of carbonyl (C=O) groups is 2. The number of amides is 2. The van der Waals surface area contributed by atoms with Crippen LogP contribution < -0.4 is 9.62 Å². The number of nitrogens with zero attached hydrogens (tertiary/aromatic N) is 2. The van der Waals surface area contributed by atoms with Crippen molar-refractivity contribution < 1.29 is 18.0 Å². The van der Waals surface area contributed by atoms with E-state index in [4.69, 9.17) is 11.6 Å². The van der Waals surface area contributed by atoms with E-state index < -0.39 is 28.5 Å². The maximum atomic E-state index is 13.7. The van der Waals surface area contributed by atoms with Gasteiger partial charge < -0.3 is 10.2 Å². The van der Waals surface area contributed by atoms with Gasteiger partial charge in [0.05, 0.1) is 10.6 Å². The van der Waals surface area contributed by atoms with Crippen molar-refractivity contribution in [3.63, 3.8) is 0 Å². The van der Waals surface area contributed by atoms with Gasteiger partial charge in [0, 0.05) is 18.6 Å². The molecule has 0 aliphatic heterocycles. The van der Waals surface area contributed by atoms with Gasteiger partial charge >= 0.3 is 0 Å². The SMILES string of the molecule is CNC(=O)[C@H](C)N(Cc1ccccc1)C(=O)CN(c1ccc(C)c(Cl)c1)S(=O)(=O)c1ccc(C)cc1. The second-order valence-electron chi connectivity index (χ2n) is 8.56. The van der Waals surface area contributed by atoms with E-state index in [1.165, 1.54) is 30.1 Å². The molecule has 0 heterocycles. The fraction of sp³-hybridized carbons (Fsp3) is 0.259. The van der Waals surface area contributed by atoms with Crippen LogP contribution in [0.2, 0.25) is 5.02 Å². The Kier molecular flexibility index (Phi) is 8.76. The third kappa shape index (κ3) is 6.25. The van der Waals surface area contributed by atoms with Crippen molar-refractivity contribution in [2.24, 2.45) is 0 Å². The molecule has 0 aliphatic rings. The molecule has 36 heavy (non-hydrogen) atoms. The molecule has 3 rings (SSSR count). The van der Waals surface area contributed by atoms with E-state index in [2.05, 4.69) is 5.32 Å². The van der Waals surface area contributed by atoms with Crippen molar-refractivity contribution in [1.29, 1.82) is 0 Å². The lowest BCUT2D eigenvalue weighted by Gasteiger charge is -2.32. The summed E-state index contributed by atoms with van der Waals surface area (Å²) in [5.41, 5.74) is 2.75. The number of nitrogens with one attached hydrogen (secondary N) is 1. The van der Waals surface area contributed by atoms with Crippen LogP contribution in [0, 0.1) is 13.8 Å². The molecular formula is C27H30ClN3O4S. The monoisotopic (exact) mass is 527 g/mol. The predicted octanol–water partition coefficient (Wildman–Crippen LogP) is 4.32. The summed E-state index contributed by atoms with van der Waals surface area (Å²) >= 11 is 6.32. The van der Waals surface area contributed by atoms with Gasteiger partial charge in [-0.05, 0) is 56.2 Å². The van der Waals surface area contributed by atoms with Crippen LogP contribution >= 0.6 is 11.6 Å². The van der Waals surface area contributed by atoms with Crippen molar-refractivity contribution in [3.8, 4) is 0 Å². The second kappa shape index (κ2) is 11.6. The number of halogens is 1. The molecule has 7 nitrogen and oxygen atoms in total. The van der Waals surface area contributed by atoms with E-state index in [1.54, 1.807) is 31.2 Å². The predicted molar refractivity (Wildman–Crippen MR) is 142 cm³/mol. The number of anilines is 1. The van der Waals surface area contributed by atoms with Gasteiger partial charge in [-0.25, -0.2) is 8.42 Å². The summed E-state index contributed by atoms with van der Waals surface area (Å²) in [6.45, 7) is 4.91. The summed E-state index contributed by atoms with van der Waals surface area (Å²) in [6, 6.07) is 19.7. The first-order valence-corrected chi connectivity index (χ1v) is 13.3. The van der Waals surface area contributed by atoms with Crippen molar-refractivity contribution >= 4 is 39.1 Å². The molecule has 1 atom stereocenters. The summed E-state index contributed by atoms with van der Waals surface area (Å²) in [7, 11) is -2.63. The van der Waals surface area contributed by atoms with Gasteiger partial charge in [-0.15, -0.1) is 0 Å². The van der Waals surface area contributed by atoms with Crippen molar-refractivity contribution in [2.45, 2.75) is 38.3 Å². The molecule has 0 radical (unpaired) electrons. The first-order valence-electron chi connectivity index (χ1n) is 11.4. The zero-order chi connectivity index (χ0) is 26.5. The fourth-order valence-electron chi connectivity index (χ4n) is 3.67. The van der Waals surface area contributed by atoms with E-state index >= 15 is 0 Å². The third-order valence-electron chi connectivity index (χ3n) is 5.94. The summed E-state index contributed by atoms with van der Waals surface area (Å²) in [5, 5.41) is 2.94. The van der Waals surface area contributed by atoms with Crippen molar-refractivity contribution in [2.75, 3.05) is 17.9 Å². The molecule has 0 spiro atoms. The minimum Gasteiger partial charge on any atom is -0.357 e. The standard InChI is InChI=1S/C27H30ClN3O4S/c1-19-10-14-24(15-11-19)36(34,35)31(23-13-12-20(2)25(28)16-23)18-26(32)30(21(3)27(33)29-4)17-22-8-6-5-7-9-22/h5-16,21H,17-18H2,1-4H3,(H,29,33)/t21-/m0/s1. The average molecular weight is 528 g/mol. The Bertz CT molecular complexity index is 1330. The Balaban J connectivity index is 2.05. The topological polar surface area (TPSA) is 86.8 Å². The number of hydrogen-bond donors (Lipinski definition) is 1. The molecule has 0 bridgehead atoms. The normalized spacial score (nSPS) is 12.0. The van der Waals surface area contributed by atoms with Crippen LogP contribution in [-0.4, -0.2) is 44.8 Å². The molecule has 3 aromatic carbocycles. The fourth-order valence-corrected chi connectivity index (χ4v) is 5.26. The third-order valence-corrected chi connectivity index (χ3v) is 8.14. The first-order chi connectivity index (χ1) is 17.0. The summed E-state index contributed by atoms with van der Waals surface area (Å²) in [4.78, 5) is 27.6. The number of likely N-dealkylation sites (N-methyl/N-ethyl adjacent to an activating group) is 1. The van der Waals surface area contributed by atoms with Gasteiger partial charge in [-0.1, -0.05) is 65.7 Å². The molecule has 0 saturated carbocycles. The van der Waals surface area contributed by atoms with E-state index in [9.17, 15) is 18.0 Å². The highest BCUT2D eigenvalue weighted by molar-refractivity contribution is 7.92. The lowest BCUT2D eigenvalue weighted by molar-refractivity contribution is -0.139. The zero-order valence-corrected chi connectivity index (χ0v) is 22.3. The van der Waals surface area contributed by atoms with Crippen molar-refractivity contribution in [3.05, 3.63) is 94.5 Å². The summed E-state index contributed by atoms with van der Waals surface area (Å²) in [6.07, 6.45) is 0. The van der Waals surface area contributed by atoms with Gasteiger partial charge in [0.1, 0.15) is 12.6 Å². The maximum Gasteiger partial charge on any atom is 0.264 e. The summed E-state index contributed by atoms with van der Waals surface area (Å²) < 4.78 is 28.5. The Hall–Kier alpha value is -3.36. The van der Waals surface area contributed by atoms with E-state index in [-0.39, 0.29) is 23.0 Å². The zero-order valence-electron chi connectivity index (χ0n) is 20.7. The Morgan fingerprint density at radius 3 is 2.19 bits per heavy atom. The van der Waals surface area contributed by atoms with Crippen LogP contribution in [-0.2, 0) is 26.2 Å². The Morgan fingerprint density at radius 1 is 0.972 bits per heavy atom. The lowest BCUT2D eigenvalue weighted by Crippen LogP contribution is -2.50. The second-order valence-corrected chi connectivity index (χ2v) is 10.8. The van der Waals surface area contributed by atoms with Crippen LogP contribution in [0.25, 0.3) is 0 Å². The molecule has 2 amide bonds. The number of sulfonamides is 1. The molecule has 0 aromatic heterocycles. The molecule has 0 aliphatic carbocycles. The van der Waals surface area contributed by atoms with Gasteiger partial charge in [0.25, 0.3) is 10.0 Å². The highest BCUT2D eigenvalue weighted by Gasteiger charge is 2.32. The quantitative estimate of drug-likeness (QED) is 0.449. The van der Waals surface area contributed by atoms with Gasteiger partial charge in [0.15, 0.2) is 0 Å². The van der Waals surface area contributed by atoms with Crippen LogP contribution in [0.15, 0.2) is 77.7 Å². The van der Waals surface area contributed by atoms with E-state index in [0.717, 1.165) is 21.0 Å². The summed E-state index contributed by atoms with van der Waals surface area (Å²) in [5.74, 6) is -0.882. The molecule has 0 fully saturated rings. The van der Waals surface area contributed by atoms with E-state index in [0.29, 0.717) is 5.02 Å². The molecule has 0 saturated heterocycles. The maximum absolute atomic E-state index is 13.7. The Labute approximate surface area is 217 Å². The number of hydrogen-bond acceptors (Lipinski definition) is 4. The molecule has 9 heteroatoms. The van der Waals surface area contributed by atoms with Crippen LogP contribution in [0.5, 0.6) is 0 Å². The van der Waals surface area contributed by atoms with Crippen molar-refractivity contribution in [1.82, 2.24) is 10.2 Å². The number of benzene rings is 3. The van der Waals surface area contributed by atoms with Crippen LogP contribution in [0.4, 0.5) is 5.69 Å².